The van der Waals surface area contributed by atoms with E-state index < -0.39 is 30.0 Å². The van der Waals surface area contributed by atoms with Crippen LogP contribution < -0.4 is 70.0 Å². The molecule has 0 aliphatic carbocycles. The number of hydrazone groups is 2. The molecular weight excluding hydrogens is 682 g/mol. The van der Waals surface area contributed by atoms with Crippen LogP contribution in [0, 0.1) is 0 Å². The summed E-state index contributed by atoms with van der Waals surface area (Å²) in [7, 11) is -10.1. The van der Waals surface area contributed by atoms with E-state index >= 15 is 0 Å². The third-order valence-corrected chi connectivity index (χ3v) is 7.90. The van der Waals surface area contributed by atoms with Crippen LogP contribution in [0.25, 0.3) is 12.2 Å². The minimum Gasteiger partial charge on any atom is -0.744 e. The van der Waals surface area contributed by atoms with Crippen LogP contribution in [-0.4, -0.2) is 60.2 Å². The van der Waals surface area contributed by atoms with Gasteiger partial charge in [-0.2, -0.15) is 10.2 Å². The van der Waals surface area contributed by atoms with Gasteiger partial charge in [0.1, 0.15) is 31.7 Å². The zero-order chi connectivity index (χ0) is 33.2. The van der Waals surface area contributed by atoms with Gasteiger partial charge in [0.05, 0.1) is 33.6 Å². The van der Waals surface area contributed by atoms with Crippen LogP contribution in [0.3, 0.4) is 0 Å². The molecule has 0 spiro atoms. The first-order valence-electron chi connectivity index (χ1n) is 13.0. The van der Waals surface area contributed by atoms with E-state index in [0.717, 1.165) is 24.6 Å². The van der Waals surface area contributed by atoms with E-state index in [1.165, 1.54) is 36.4 Å². The molecule has 14 nitrogen and oxygen atoms in total. The summed E-state index contributed by atoms with van der Waals surface area (Å²) in [5.74, 6) is 0. The largest absolute Gasteiger partial charge is 1.00 e. The van der Waals surface area contributed by atoms with Gasteiger partial charge in [-0.3, -0.25) is 10.9 Å². The Labute approximate surface area is 320 Å². The predicted molar refractivity (Wildman–Crippen MR) is 171 cm³/mol. The summed E-state index contributed by atoms with van der Waals surface area (Å²) < 4.78 is 72.8. The van der Waals surface area contributed by atoms with Gasteiger partial charge >= 0.3 is 59.1 Å². The number of hydrogen-bond donors (Lipinski definition) is 4. The van der Waals surface area contributed by atoms with Crippen molar-refractivity contribution in [1.29, 1.82) is 0 Å². The summed E-state index contributed by atoms with van der Waals surface area (Å²) >= 11 is 0. The number of rotatable bonds is 12. The van der Waals surface area contributed by atoms with Gasteiger partial charge in [-0.1, -0.05) is 95.3 Å². The second-order valence-electron chi connectivity index (χ2n) is 9.19. The van der Waals surface area contributed by atoms with E-state index in [4.69, 9.17) is 10.4 Å². The molecule has 0 fully saturated rings. The molecule has 0 aliphatic rings. The SMILES string of the molecule is O=S(=O)([O-])c1cc(NN=C(C=NO)c2ccccc2)ccc1/C=C/c1ccc(NN=C(C=NO)c2ccccc2)cc1S(=O)(=O)[O-].[Na+].[Na+]. The molecule has 236 valence electrons. The van der Waals surface area contributed by atoms with Gasteiger partial charge in [-0.05, 0) is 35.4 Å². The summed E-state index contributed by atoms with van der Waals surface area (Å²) in [5, 5.41) is 32.1. The van der Waals surface area contributed by atoms with E-state index in [-0.39, 0.29) is 93.0 Å². The minimum absolute atomic E-state index is 0. The summed E-state index contributed by atoms with van der Waals surface area (Å²) in [6.07, 6.45) is 4.47. The molecule has 48 heavy (non-hydrogen) atoms. The van der Waals surface area contributed by atoms with Crippen molar-refractivity contribution in [1.82, 2.24) is 0 Å². The molecule has 0 aliphatic heterocycles. The molecule has 0 saturated heterocycles. The molecule has 0 saturated carbocycles. The molecule has 18 heteroatoms. The maximum Gasteiger partial charge on any atom is 1.00 e. The van der Waals surface area contributed by atoms with E-state index in [9.17, 15) is 25.9 Å². The Balaban J connectivity index is 0.00000400. The van der Waals surface area contributed by atoms with E-state index in [1.807, 2.05) is 0 Å². The Kier molecular flexibility index (Phi) is 15.8. The van der Waals surface area contributed by atoms with Gasteiger partial charge < -0.3 is 19.5 Å². The quantitative estimate of drug-likeness (QED) is 0.0324. The zero-order valence-corrected chi connectivity index (χ0v) is 31.1. The standard InChI is InChI=1S/C30H26N6O8S2.2Na/c37-31-19-27(21-7-3-1-4-8-21)35-33-25-15-13-23(29(17-25)45(39,40)41)11-12-24-14-16-26(18-30(24)46(42,43)44)34-36-28(20-32-38)22-9-5-2-6-10-22;;/h1-20,33-34,37-38H,(H,39,40,41)(H,42,43,44);;/q;2*+1/p-2/b12-11+,31-19?,32-20?,35-27?,36-28?;;. The van der Waals surface area contributed by atoms with Crippen molar-refractivity contribution in [3.8, 4) is 0 Å². The Hall–Kier alpha value is -3.68. The molecule has 4 aromatic carbocycles. The molecule has 0 radical (unpaired) electrons. The van der Waals surface area contributed by atoms with Gasteiger partial charge in [0, 0.05) is 11.1 Å². The fourth-order valence-corrected chi connectivity index (χ4v) is 5.40. The van der Waals surface area contributed by atoms with Crippen molar-refractivity contribution in [2.75, 3.05) is 10.9 Å². The van der Waals surface area contributed by atoms with Crippen LogP contribution >= 0.6 is 0 Å². The van der Waals surface area contributed by atoms with Gasteiger partial charge in [0.2, 0.25) is 0 Å². The number of nitrogens with zero attached hydrogens (tertiary/aromatic N) is 4. The van der Waals surface area contributed by atoms with Crippen molar-refractivity contribution < 1.29 is 95.5 Å². The number of oxime groups is 2. The van der Waals surface area contributed by atoms with E-state index in [1.54, 1.807) is 60.7 Å². The Bertz CT molecular complexity index is 1930. The maximum absolute atomic E-state index is 12.1. The molecule has 0 unspecified atom stereocenters. The molecule has 4 N–H and O–H groups in total. The summed E-state index contributed by atoms with van der Waals surface area (Å²) in [4.78, 5) is -1.31. The zero-order valence-electron chi connectivity index (χ0n) is 25.5. The molecule has 0 aromatic heterocycles. The Morgan fingerprint density at radius 3 is 1.25 bits per heavy atom. The van der Waals surface area contributed by atoms with Crippen molar-refractivity contribution in [3.05, 3.63) is 119 Å². The number of hydrogen-bond acceptors (Lipinski definition) is 14. The van der Waals surface area contributed by atoms with Gasteiger partial charge in [0.25, 0.3) is 0 Å². The third-order valence-electron chi connectivity index (χ3n) is 6.12. The number of anilines is 2. The summed E-state index contributed by atoms with van der Waals surface area (Å²) in [6.45, 7) is 0. The number of nitrogens with one attached hydrogen (secondary N) is 2. The molecule has 0 atom stereocenters. The number of benzene rings is 4. The maximum atomic E-state index is 12.1. The van der Waals surface area contributed by atoms with Crippen molar-refractivity contribution >= 4 is 67.6 Å². The van der Waals surface area contributed by atoms with Crippen LogP contribution in [0.15, 0.2) is 127 Å². The van der Waals surface area contributed by atoms with Gasteiger partial charge in [0.15, 0.2) is 0 Å². The summed E-state index contributed by atoms with van der Waals surface area (Å²) in [6, 6.07) is 24.7. The molecule has 4 rings (SSSR count). The van der Waals surface area contributed by atoms with E-state index in [2.05, 4.69) is 31.4 Å². The van der Waals surface area contributed by atoms with Gasteiger partial charge in [-0.25, -0.2) is 16.8 Å². The minimum atomic E-state index is -5.04. The van der Waals surface area contributed by atoms with Crippen molar-refractivity contribution in [2.24, 2.45) is 20.5 Å². The first-order chi connectivity index (χ1) is 22.0. The summed E-state index contributed by atoms with van der Waals surface area (Å²) in [5.41, 5.74) is 6.80. The first kappa shape index (κ1) is 40.5. The fraction of sp³-hybridized carbons (Fsp3) is 0. The fourth-order valence-electron chi connectivity index (χ4n) is 4.01. The average molecular weight is 707 g/mol. The smallest absolute Gasteiger partial charge is 0.744 e. The second-order valence-corrected chi connectivity index (χ2v) is 11.9. The Morgan fingerprint density at radius 1 is 0.583 bits per heavy atom. The molecule has 0 amide bonds. The van der Waals surface area contributed by atoms with Crippen molar-refractivity contribution in [3.63, 3.8) is 0 Å². The third kappa shape index (κ3) is 11.5. The predicted octanol–water partition coefficient (Wildman–Crippen LogP) is -1.77. The van der Waals surface area contributed by atoms with E-state index in [0.29, 0.717) is 11.1 Å². The molecule has 0 heterocycles. The monoisotopic (exact) mass is 706 g/mol. The van der Waals surface area contributed by atoms with Gasteiger partial charge in [-0.15, -0.1) is 0 Å². The van der Waals surface area contributed by atoms with Crippen LogP contribution in [0.4, 0.5) is 11.4 Å². The molecule has 4 aromatic rings. The van der Waals surface area contributed by atoms with Crippen LogP contribution in [0.2, 0.25) is 0 Å². The first-order valence-corrected chi connectivity index (χ1v) is 15.8. The van der Waals surface area contributed by atoms with Crippen molar-refractivity contribution in [2.45, 2.75) is 9.79 Å². The van der Waals surface area contributed by atoms with Crippen LogP contribution in [-0.2, 0) is 20.2 Å². The van der Waals surface area contributed by atoms with Crippen LogP contribution in [0.5, 0.6) is 0 Å². The average Bonchev–Trinajstić information content (AvgIpc) is 3.04. The van der Waals surface area contributed by atoms with Crippen LogP contribution in [0.1, 0.15) is 22.3 Å². The normalized spacial score (nSPS) is 12.5. The Morgan fingerprint density at radius 2 is 0.938 bits per heavy atom. The molecular formula is C30H24N6Na2O8S2. The topological polar surface area (TPSA) is 228 Å². The molecule has 0 bridgehead atoms. The second kappa shape index (κ2) is 18.8.